The van der Waals surface area contributed by atoms with Gasteiger partial charge in [0.1, 0.15) is 16.5 Å². The van der Waals surface area contributed by atoms with Crippen molar-refractivity contribution in [2.24, 2.45) is 5.92 Å². The number of fused-ring (bicyclic) bond motifs is 3. The molecule has 3 heterocycles. The summed E-state index contributed by atoms with van der Waals surface area (Å²) in [6.45, 7) is 6.74. The van der Waals surface area contributed by atoms with Crippen molar-refractivity contribution < 1.29 is 4.74 Å². The molecule has 0 spiro atoms. The van der Waals surface area contributed by atoms with E-state index in [1.807, 2.05) is 11.3 Å². The lowest BCUT2D eigenvalue weighted by atomic mass is 9.89. The third-order valence-corrected chi connectivity index (χ3v) is 6.22. The maximum Gasteiger partial charge on any atom is 0.146 e. The van der Waals surface area contributed by atoms with Crippen molar-refractivity contribution in [2.75, 3.05) is 45.3 Å². The van der Waals surface area contributed by atoms with Gasteiger partial charge in [-0.2, -0.15) is 0 Å². The van der Waals surface area contributed by atoms with E-state index in [1.54, 1.807) is 0 Å². The molecule has 1 fully saturated rings. The van der Waals surface area contributed by atoms with Gasteiger partial charge in [0.2, 0.25) is 0 Å². The summed E-state index contributed by atoms with van der Waals surface area (Å²) in [5.74, 6) is 2.82. The largest absolute Gasteiger partial charge is 0.379 e. The molecule has 5 nitrogen and oxygen atoms in total. The van der Waals surface area contributed by atoms with Gasteiger partial charge in [0.15, 0.2) is 0 Å². The highest BCUT2D eigenvalue weighted by atomic mass is 32.1. The molecule has 0 amide bonds. The van der Waals surface area contributed by atoms with Crippen molar-refractivity contribution in [3.63, 3.8) is 0 Å². The van der Waals surface area contributed by atoms with Gasteiger partial charge in [0, 0.05) is 32.1 Å². The highest BCUT2D eigenvalue weighted by Crippen LogP contribution is 2.40. The average Bonchev–Trinajstić information content (AvgIpc) is 2.92. The van der Waals surface area contributed by atoms with Gasteiger partial charge < -0.3 is 9.64 Å². The van der Waals surface area contributed by atoms with Crippen LogP contribution in [0.3, 0.4) is 0 Å². The maximum absolute atomic E-state index is 5.45. The Morgan fingerprint density at radius 1 is 1.25 bits per heavy atom. The van der Waals surface area contributed by atoms with Crippen molar-refractivity contribution in [2.45, 2.75) is 32.7 Å². The van der Waals surface area contributed by atoms with Crippen LogP contribution in [0.15, 0.2) is 0 Å². The first-order valence-electron chi connectivity index (χ1n) is 8.90. The van der Waals surface area contributed by atoms with E-state index >= 15 is 0 Å². The van der Waals surface area contributed by atoms with Crippen LogP contribution in [0, 0.1) is 5.92 Å². The fourth-order valence-corrected chi connectivity index (χ4v) is 5.12. The molecule has 6 heteroatoms. The van der Waals surface area contributed by atoms with E-state index in [-0.39, 0.29) is 0 Å². The van der Waals surface area contributed by atoms with Crippen LogP contribution in [0.25, 0.3) is 10.2 Å². The molecule has 0 saturated carbocycles. The fourth-order valence-electron chi connectivity index (χ4n) is 3.72. The Balaban J connectivity index is 1.74. The van der Waals surface area contributed by atoms with Crippen molar-refractivity contribution in [1.29, 1.82) is 0 Å². The number of hydrogen-bond acceptors (Lipinski definition) is 6. The Labute approximate surface area is 147 Å². The second-order valence-corrected chi connectivity index (χ2v) is 8.36. The van der Waals surface area contributed by atoms with E-state index in [1.165, 1.54) is 39.9 Å². The molecule has 24 heavy (non-hydrogen) atoms. The van der Waals surface area contributed by atoms with Gasteiger partial charge in [-0.15, -0.1) is 11.3 Å². The van der Waals surface area contributed by atoms with Gasteiger partial charge in [-0.1, -0.05) is 6.92 Å². The van der Waals surface area contributed by atoms with Crippen molar-refractivity contribution in [3.8, 4) is 0 Å². The van der Waals surface area contributed by atoms with Crippen LogP contribution in [0.2, 0.25) is 0 Å². The lowest BCUT2D eigenvalue weighted by Gasteiger charge is -2.26. The molecule has 0 radical (unpaired) electrons. The summed E-state index contributed by atoms with van der Waals surface area (Å²) in [4.78, 5) is 17.1. The average molecular weight is 347 g/mol. The van der Waals surface area contributed by atoms with Crippen LogP contribution in [0.5, 0.6) is 0 Å². The second-order valence-electron chi connectivity index (χ2n) is 7.28. The molecule has 0 aromatic carbocycles. The SMILES string of the molecule is C[C@@H]1CCc2c(sc3nc(CN4CCOCC4)nc(N(C)C)c23)C1. The van der Waals surface area contributed by atoms with Gasteiger partial charge in [-0.05, 0) is 30.7 Å². The molecule has 1 atom stereocenters. The lowest BCUT2D eigenvalue weighted by Crippen LogP contribution is -2.36. The number of anilines is 1. The van der Waals surface area contributed by atoms with Crippen LogP contribution in [-0.4, -0.2) is 55.3 Å². The molecule has 2 aromatic rings. The summed E-state index contributed by atoms with van der Waals surface area (Å²) in [6.07, 6.45) is 3.65. The van der Waals surface area contributed by atoms with Crippen molar-refractivity contribution in [1.82, 2.24) is 14.9 Å². The van der Waals surface area contributed by atoms with E-state index in [4.69, 9.17) is 14.7 Å². The van der Waals surface area contributed by atoms with E-state index in [9.17, 15) is 0 Å². The topological polar surface area (TPSA) is 41.5 Å². The number of ether oxygens (including phenoxy) is 1. The van der Waals surface area contributed by atoms with Crippen LogP contribution < -0.4 is 4.90 Å². The van der Waals surface area contributed by atoms with Crippen molar-refractivity contribution >= 4 is 27.4 Å². The monoisotopic (exact) mass is 346 g/mol. The first kappa shape index (κ1) is 16.2. The zero-order valence-electron chi connectivity index (χ0n) is 14.8. The Kier molecular flexibility index (Phi) is 4.45. The van der Waals surface area contributed by atoms with Gasteiger partial charge in [-0.25, -0.2) is 9.97 Å². The first-order valence-corrected chi connectivity index (χ1v) is 9.72. The third kappa shape index (κ3) is 3.03. The number of thiophene rings is 1. The van der Waals surface area contributed by atoms with Crippen molar-refractivity contribution in [3.05, 3.63) is 16.3 Å². The molecule has 2 aliphatic rings. The predicted molar refractivity (Wildman–Crippen MR) is 99.0 cm³/mol. The Bertz CT molecular complexity index is 736. The summed E-state index contributed by atoms with van der Waals surface area (Å²) in [7, 11) is 4.19. The van der Waals surface area contributed by atoms with Gasteiger partial charge in [0.05, 0.1) is 25.1 Å². The molecule has 2 aromatic heterocycles. The quantitative estimate of drug-likeness (QED) is 0.855. The number of aryl methyl sites for hydroxylation is 1. The molecule has 0 unspecified atom stereocenters. The highest BCUT2D eigenvalue weighted by Gasteiger charge is 2.25. The van der Waals surface area contributed by atoms with E-state index < -0.39 is 0 Å². The summed E-state index contributed by atoms with van der Waals surface area (Å²) in [5, 5.41) is 1.30. The summed E-state index contributed by atoms with van der Waals surface area (Å²) in [5.41, 5.74) is 1.51. The molecular weight excluding hydrogens is 320 g/mol. The minimum absolute atomic E-state index is 0.786. The molecule has 4 rings (SSSR count). The standard InChI is InChI=1S/C18H26N4OS/c1-12-4-5-13-14(10-12)24-18-16(13)17(21(2)3)19-15(20-18)11-22-6-8-23-9-7-22/h12H,4-11H2,1-3H3/t12-/m1/s1. The molecule has 0 bridgehead atoms. The molecule has 1 aliphatic heterocycles. The summed E-state index contributed by atoms with van der Waals surface area (Å²) in [6, 6.07) is 0. The molecule has 1 aliphatic carbocycles. The van der Waals surface area contributed by atoms with Crippen LogP contribution in [0.4, 0.5) is 5.82 Å². The molecule has 1 saturated heterocycles. The normalized spacial score (nSPS) is 21.9. The Hall–Kier alpha value is -1.24. The van der Waals surface area contributed by atoms with Crippen LogP contribution in [0.1, 0.15) is 29.6 Å². The number of nitrogens with zero attached hydrogens (tertiary/aromatic N) is 4. The predicted octanol–water partition coefficient (Wildman–Crippen LogP) is 2.71. The summed E-state index contributed by atoms with van der Waals surface area (Å²) >= 11 is 1.89. The number of rotatable bonds is 3. The molecular formula is C18H26N4OS. The number of aromatic nitrogens is 2. The Morgan fingerprint density at radius 2 is 2.04 bits per heavy atom. The lowest BCUT2D eigenvalue weighted by molar-refractivity contribution is 0.0331. The maximum atomic E-state index is 5.45. The molecule has 130 valence electrons. The smallest absolute Gasteiger partial charge is 0.146 e. The second kappa shape index (κ2) is 6.58. The van der Waals surface area contributed by atoms with E-state index in [0.29, 0.717) is 0 Å². The zero-order valence-corrected chi connectivity index (χ0v) is 15.7. The van der Waals surface area contributed by atoms with E-state index in [2.05, 4.69) is 30.8 Å². The van der Waals surface area contributed by atoms with Gasteiger partial charge >= 0.3 is 0 Å². The van der Waals surface area contributed by atoms with E-state index in [0.717, 1.165) is 50.4 Å². The van der Waals surface area contributed by atoms with Crippen LogP contribution in [-0.2, 0) is 24.1 Å². The summed E-state index contributed by atoms with van der Waals surface area (Å²) < 4.78 is 5.45. The van der Waals surface area contributed by atoms with Gasteiger partial charge in [-0.3, -0.25) is 4.90 Å². The third-order valence-electron chi connectivity index (χ3n) is 5.07. The van der Waals surface area contributed by atoms with Gasteiger partial charge in [0.25, 0.3) is 0 Å². The minimum Gasteiger partial charge on any atom is -0.379 e. The molecule has 0 N–H and O–H groups in total. The first-order chi connectivity index (χ1) is 11.6. The number of morpholine rings is 1. The zero-order chi connectivity index (χ0) is 16.7. The highest BCUT2D eigenvalue weighted by molar-refractivity contribution is 7.19. The van der Waals surface area contributed by atoms with Crippen LogP contribution >= 0.6 is 11.3 Å². The number of hydrogen-bond donors (Lipinski definition) is 0. The minimum atomic E-state index is 0.786. The Morgan fingerprint density at radius 3 is 2.79 bits per heavy atom. The fraction of sp³-hybridized carbons (Fsp3) is 0.667.